The molecule has 110 valence electrons. The molecule has 0 unspecified atom stereocenters. The molecule has 0 N–H and O–H groups in total. The Morgan fingerprint density at radius 1 is 1.05 bits per heavy atom. The molecule has 1 saturated carbocycles. The van der Waals surface area contributed by atoms with Crippen molar-refractivity contribution in [1.29, 1.82) is 0 Å². The predicted molar refractivity (Wildman–Crippen MR) is 88.1 cm³/mol. The van der Waals surface area contributed by atoms with E-state index in [1.165, 1.54) is 18.4 Å². The van der Waals surface area contributed by atoms with E-state index in [0.29, 0.717) is 22.0 Å². The zero-order valence-electron chi connectivity index (χ0n) is 12.1. The summed E-state index contributed by atoms with van der Waals surface area (Å²) in [6, 6.07) is 8.13. The first-order valence-electron chi connectivity index (χ1n) is 7.52. The van der Waals surface area contributed by atoms with Crippen molar-refractivity contribution in [2.24, 2.45) is 0 Å². The molecule has 1 aromatic heterocycles. The lowest BCUT2D eigenvalue weighted by Crippen LogP contribution is -2.02. The average molecular weight is 321 g/mol. The van der Waals surface area contributed by atoms with Crippen LogP contribution < -0.4 is 0 Å². The van der Waals surface area contributed by atoms with Gasteiger partial charge >= 0.3 is 0 Å². The summed E-state index contributed by atoms with van der Waals surface area (Å²) in [4.78, 5) is 9.05. The summed E-state index contributed by atoms with van der Waals surface area (Å²) in [7, 11) is 0. The summed E-state index contributed by atoms with van der Waals surface area (Å²) in [6.45, 7) is 2.12. The van der Waals surface area contributed by atoms with Crippen molar-refractivity contribution in [1.82, 2.24) is 9.97 Å². The van der Waals surface area contributed by atoms with E-state index in [-0.39, 0.29) is 0 Å². The van der Waals surface area contributed by atoms with Gasteiger partial charge < -0.3 is 0 Å². The Labute approximate surface area is 135 Å². The number of hydrogen-bond acceptors (Lipinski definition) is 2. The lowest BCUT2D eigenvalue weighted by molar-refractivity contribution is 0.715. The minimum absolute atomic E-state index is 0.417. The highest BCUT2D eigenvalue weighted by molar-refractivity contribution is 6.34. The number of rotatable bonds is 3. The fraction of sp³-hybridized carbons (Fsp3) is 0.412. The largest absolute Gasteiger partial charge is 0.216 e. The maximum atomic E-state index is 6.42. The second kappa shape index (κ2) is 6.33. The maximum absolute atomic E-state index is 6.42. The minimum Gasteiger partial charge on any atom is -0.216 e. The Balaban J connectivity index is 2.05. The lowest BCUT2D eigenvalue weighted by Gasteiger charge is -2.14. The maximum Gasteiger partial charge on any atom is 0.162 e. The van der Waals surface area contributed by atoms with E-state index >= 15 is 0 Å². The van der Waals surface area contributed by atoms with Crippen LogP contribution in [0.4, 0.5) is 0 Å². The molecule has 21 heavy (non-hydrogen) atoms. The van der Waals surface area contributed by atoms with Gasteiger partial charge in [0.05, 0.1) is 0 Å². The first-order chi connectivity index (χ1) is 10.2. The molecule has 1 heterocycles. The highest BCUT2D eigenvalue weighted by Gasteiger charge is 2.24. The molecule has 1 aromatic carbocycles. The predicted octanol–water partition coefficient (Wildman–Crippen LogP) is 5.67. The quantitative estimate of drug-likeness (QED) is 0.681. The van der Waals surface area contributed by atoms with Crippen molar-refractivity contribution in [3.63, 3.8) is 0 Å². The molecular weight excluding hydrogens is 303 g/mol. The van der Waals surface area contributed by atoms with Crippen LogP contribution in [0.15, 0.2) is 24.3 Å². The average Bonchev–Trinajstić information content (AvgIpc) is 3.00. The summed E-state index contributed by atoms with van der Waals surface area (Å²) >= 11 is 12.8. The van der Waals surface area contributed by atoms with Gasteiger partial charge in [-0.3, -0.25) is 0 Å². The van der Waals surface area contributed by atoms with Gasteiger partial charge in [-0.1, -0.05) is 67.2 Å². The van der Waals surface area contributed by atoms with Gasteiger partial charge in [0.25, 0.3) is 0 Å². The van der Waals surface area contributed by atoms with Crippen molar-refractivity contribution < 1.29 is 0 Å². The van der Waals surface area contributed by atoms with Gasteiger partial charge in [0, 0.05) is 11.1 Å². The molecule has 0 bridgehead atoms. The van der Waals surface area contributed by atoms with Crippen LogP contribution in [0.5, 0.6) is 0 Å². The van der Waals surface area contributed by atoms with Crippen molar-refractivity contribution in [2.75, 3.05) is 0 Å². The molecule has 0 atom stereocenters. The fourth-order valence-corrected chi connectivity index (χ4v) is 3.83. The van der Waals surface area contributed by atoms with E-state index < -0.39 is 0 Å². The Morgan fingerprint density at radius 3 is 2.29 bits per heavy atom. The lowest BCUT2D eigenvalue weighted by atomic mass is 10.0. The van der Waals surface area contributed by atoms with Crippen LogP contribution in [-0.4, -0.2) is 9.97 Å². The Bertz CT molecular complexity index is 626. The van der Waals surface area contributed by atoms with Gasteiger partial charge in [0.2, 0.25) is 0 Å². The van der Waals surface area contributed by atoms with Crippen LogP contribution in [0.3, 0.4) is 0 Å². The number of halogens is 2. The highest BCUT2D eigenvalue weighted by Crippen LogP contribution is 2.40. The molecule has 1 fully saturated rings. The number of aromatic nitrogens is 2. The van der Waals surface area contributed by atoms with Gasteiger partial charge in [0.15, 0.2) is 5.82 Å². The molecule has 1 aliphatic carbocycles. The van der Waals surface area contributed by atoms with Gasteiger partial charge in [-0.15, -0.1) is 0 Å². The zero-order chi connectivity index (χ0) is 14.8. The van der Waals surface area contributed by atoms with Crippen LogP contribution in [0, 0.1) is 0 Å². The first-order valence-corrected chi connectivity index (χ1v) is 8.27. The van der Waals surface area contributed by atoms with Crippen molar-refractivity contribution >= 4 is 23.2 Å². The van der Waals surface area contributed by atoms with Crippen molar-refractivity contribution in [3.8, 4) is 11.4 Å². The fourth-order valence-electron chi connectivity index (χ4n) is 3.14. The summed E-state index contributed by atoms with van der Waals surface area (Å²) in [5.41, 5.74) is 3.16. The van der Waals surface area contributed by atoms with E-state index in [2.05, 4.69) is 23.0 Å². The number of aryl methyl sites for hydroxylation is 1. The first kappa shape index (κ1) is 14.8. The Hall–Kier alpha value is -1.12. The van der Waals surface area contributed by atoms with E-state index in [4.69, 9.17) is 23.2 Å². The molecule has 2 nitrogen and oxygen atoms in total. The van der Waals surface area contributed by atoms with Crippen LogP contribution in [0.25, 0.3) is 11.4 Å². The summed E-state index contributed by atoms with van der Waals surface area (Å²) in [5, 5.41) is 1.03. The van der Waals surface area contributed by atoms with Crippen molar-refractivity contribution in [3.05, 3.63) is 45.7 Å². The van der Waals surface area contributed by atoms with Crippen LogP contribution in [0.2, 0.25) is 10.3 Å². The third-order valence-electron chi connectivity index (χ3n) is 4.26. The summed E-state index contributed by atoms with van der Waals surface area (Å²) in [6.07, 6.45) is 5.66. The van der Waals surface area contributed by atoms with E-state index in [1.807, 2.05) is 18.2 Å². The van der Waals surface area contributed by atoms with Crippen LogP contribution >= 0.6 is 23.2 Å². The third kappa shape index (κ3) is 2.93. The molecule has 4 heteroatoms. The highest BCUT2D eigenvalue weighted by atomic mass is 35.5. The molecule has 0 saturated heterocycles. The minimum atomic E-state index is 0.417. The summed E-state index contributed by atoms with van der Waals surface area (Å²) in [5.74, 6) is 1.05. The zero-order valence-corrected chi connectivity index (χ0v) is 13.6. The second-order valence-corrected chi connectivity index (χ2v) is 6.25. The van der Waals surface area contributed by atoms with Gasteiger partial charge in [-0.2, -0.15) is 0 Å². The second-order valence-electron chi connectivity index (χ2n) is 5.53. The number of hydrogen-bond donors (Lipinski definition) is 0. The standard InChI is InChI=1S/C17H18Cl2N2/c1-2-11-7-5-6-10-13(11)17-20-15(18)14(16(19)21-17)12-8-3-4-9-12/h5-7,10,12H,2-4,8-9H2,1H3. The van der Waals surface area contributed by atoms with Crippen LogP contribution in [0.1, 0.15) is 49.7 Å². The molecule has 0 radical (unpaired) electrons. The van der Waals surface area contributed by atoms with Crippen molar-refractivity contribution in [2.45, 2.75) is 44.9 Å². The van der Waals surface area contributed by atoms with Crippen LogP contribution in [-0.2, 0) is 6.42 Å². The van der Waals surface area contributed by atoms with Gasteiger partial charge in [-0.05, 0) is 30.7 Å². The van der Waals surface area contributed by atoms with E-state index in [1.54, 1.807) is 0 Å². The normalized spacial score (nSPS) is 15.6. The molecular formula is C17H18Cl2N2. The Kier molecular flexibility index (Phi) is 4.46. The van der Waals surface area contributed by atoms with E-state index in [0.717, 1.165) is 30.4 Å². The number of benzene rings is 1. The molecule has 2 aromatic rings. The molecule has 0 aliphatic heterocycles. The molecule has 1 aliphatic rings. The molecule has 0 spiro atoms. The SMILES string of the molecule is CCc1ccccc1-c1nc(Cl)c(C2CCCC2)c(Cl)n1. The topological polar surface area (TPSA) is 25.8 Å². The van der Waals surface area contributed by atoms with E-state index in [9.17, 15) is 0 Å². The smallest absolute Gasteiger partial charge is 0.162 e. The third-order valence-corrected chi connectivity index (χ3v) is 4.83. The number of nitrogens with zero attached hydrogens (tertiary/aromatic N) is 2. The van der Waals surface area contributed by atoms with Gasteiger partial charge in [-0.25, -0.2) is 9.97 Å². The molecule has 3 rings (SSSR count). The Morgan fingerprint density at radius 2 is 1.67 bits per heavy atom. The monoisotopic (exact) mass is 320 g/mol. The summed E-state index contributed by atoms with van der Waals surface area (Å²) < 4.78 is 0. The van der Waals surface area contributed by atoms with Gasteiger partial charge in [0.1, 0.15) is 10.3 Å². The molecule has 0 amide bonds.